The molecule has 1 aromatic heterocycles. The van der Waals surface area contributed by atoms with Gasteiger partial charge < -0.3 is 0 Å². The molecule has 0 bridgehead atoms. The third-order valence-corrected chi connectivity index (χ3v) is 4.93. The Hall–Kier alpha value is -2.51. The minimum atomic E-state index is 0.352. The molecule has 0 aliphatic carbocycles. The number of hydrogen-bond acceptors (Lipinski definition) is 3. The number of aromatic nitrogens is 2. The van der Waals surface area contributed by atoms with Gasteiger partial charge in [-0.25, -0.2) is 4.68 Å². The molecule has 0 saturated carbocycles. The third-order valence-electron chi connectivity index (χ3n) is 3.83. The lowest BCUT2D eigenvalue weighted by Crippen LogP contribution is -2.02. The molecule has 1 aliphatic rings. The van der Waals surface area contributed by atoms with Crippen molar-refractivity contribution in [2.45, 2.75) is 17.1 Å². The van der Waals surface area contributed by atoms with Gasteiger partial charge in [0.05, 0.1) is 29.6 Å². The highest BCUT2D eigenvalue weighted by Crippen LogP contribution is 2.43. The van der Waals surface area contributed by atoms with Crippen LogP contribution in [0.5, 0.6) is 0 Å². The summed E-state index contributed by atoms with van der Waals surface area (Å²) >= 11 is 1.82. The summed E-state index contributed by atoms with van der Waals surface area (Å²) in [5.41, 5.74) is 5.45. The summed E-state index contributed by atoms with van der Waals surface area (Å²) in [7, 11) is 0. The van der Waals surface area contributed by atoms with Crippen molar-refractivity contribution in [3.63, 3.8) is 0 Å². The molecule has 0 amide bonds. The zero-order chi connectivity index (χ0) is 14.9. The zero-order valence-electron chi connectivity index (χ0n) is 11.9. The van der Waals surface area contributed by atoms with Gasteiger partial charge in [0.1, 0.15) is 0 Å². The summed E-state index contributed by atoms with van der Waals surface area (Å²) in [4.78, 5) is 1.27. The number of hydrogen-bond donors (Lipinski definition) is 0. The molecule has 0 saturated heterocycles. The maximum atomic E-state index is 9.09. The van der Waals surface area contributed by atoms with E-state index in [1.165, 1.54) is 16.0 Å². The second kappa shape index (κ2) is 5.36. The van der Waals surface area contributed by atoms with Gasteiger partial charge in [0, 0.05) is 21.8 Å². The van der Waals surface area contributed by atoms with Crippen molar-refractivity contribution in [3.8, 4) is 23.0 Å². The van der Waals surface area contributed by atoms with Crippen LogP contribution in [0, 0.1) is 11.3 Å². The number of fused-ring (bicyclic) bond motifs is 3. The van der Waals surface area contributed by atoms with Gasteiger partial charge in [-0.1, -0.05) is 36.4 Å². The van der Waals surface area contributed by atoms with Crippen LogP contribution in [-0.4, -0.2) is 9.78 Å². The number of nitriles is 1. The number of para-hydroxylation sites is 1. The van der Waals surface area contributed by atoms with Crippen LogP contribution < -0.4 is 0 Å². The quantitative estimate of drug-likeness (QED) is 0.712. The normalized spacial score (nSPS) is 12.3. The molecule has 2 aromatic carbocycles. The van der Waals surface area contributed by atoms with Crippen molar-refractivity contribution < 1.29 is 0 Å². The van der Waals surface area contributed by atoms with Crippen molar-refractivity contribution in [2.24, 2.45) is 0 Å². The maximum Gasteiger partial charge on any atom is 0.0816 e. The number of nitrogens with zero attached hydrogens (tertiary/aromatic N) is 3. The van der Waals surface area contributed by atoms with Gasteiger partial charge in [0.15, 0.2) is 0 Å². The lowest BCUT2D eigenvalue weighted by Gasteiger charge is -2.18. The van der Waals surface area contributed by atoms with E-state index in [1.54, 1.807) is 0 Å². The monoisotopic (exact) mass is 303 g/mol. The average Bonchev–Trinajstić information content (AvgIpc) is 2.95. The smallest absolute Gasteiger partial charge is 0.0816 e. The number of benzene rings is 2. The first-order valence-corrected chi connectivity index (χ1v) is 8.12. The fourth-order valence-electron chi connectivity index (χ4n) is 2.83. The van der Waals surface area contributed by atoms with Crippen LogP contribution in [0.25, 0.3) is 16.9 Å². The maximum absolute atomic E-state index is 9.09. The highest BCUT2D eigenvalue weighted by atomic mass is 32.2. The second-order valence-corrected chi connectivity index (χ2v) is 6.16. The van der Waals surface area contributed by atoms with Crippen LogP contribution in [0.15, 0.2) is 59.5 Å². The first-order chi connectivity index (χ1) is 10.9. The fraction of sp³-hybridized carbons (Fsp3) is 0.111. The number of thioether (sulfide) groups is 1. The topological polar surface area (TPSA) is 41.6 Å². The Labute approximate surface area is 133 Å². The van der Waals surface area contributed by atoms with Crippen molar-refractivity contribution in [3.05, 3.63) is 65.9 Å². The van der Waals surface area contributed by atoms with Crippen LogP contribution in [0.2, 0.25) is 0 Å². The molecular weight excluding hydrogens is 290 g/mol. The lowest BCUT2D eigenvalue weighted by molar-refractivity contribution is 0.858. The lowest BCUT2D eigenvalue weighted by atomic mass is 10.0. The summed E-state index contributed by atoms with van der Waals surface area (Å²) < 4.78 is 1.99. The van der Waals surface area contributed by atoms with Crippen LogP contribution in [0.1, 0.15) is 11.3 Å². The first kappa shape index (κ1) is 13.2. The summed E-state index contributed by atoms with van der Waals surface area (Å²) in [6.45, 7) is 0. The SMILES string of the molecule is N#CCc1nn(-c2ccccc2)c2c1CSc1ccccc1-2. The highest BCUT2D eigenvalue weighted by molar-refractivity contribution is 7.98. The molecule has 2 heterocycles. The van der Waals surface area contributed by atoms with E-state index in [-0.39, 0.29) is 0 Å². The van der Waals surface area contributed by atoms with E-state index in [1.807, 2.05) is 46.8 Å². The van der Waals surface area contributed by atoms with Gasteiger partial charge in [-0.2, -0.15) is 10.4 Å². The minimum Gasteiger partial charge on any atom is -0.232 e. The minimum absolute atomic E-state index is 0.352. The van der Waals surface area contributed by atoms with Gasteiger partial charge in [0.25, 0.3) is 0 Å². The molecule has 0 fully saturated rings. The van der Waals surface area contributed by atoms with Crippen LogP contribution in [0.3, 0.4) is 0 Å². The molecule has 4 rings (SSSR count). The van der Waals surface area contributed by atoms with Crippen LogP contribution >= 0.6 is 11.8 Å². The first-order valence-electron chi connectivity index (χ1n) is 7.14. The van der Waals surface area contributed by atoms with Gasteiger partial charge >= 0.3 is 0 Å². The molecule has 3 aromatic rings. The Kier molecular flexibility index (Phi) is 3.21. The Bertz CT molecular complexity index is 875. The summed E-state index contributed by atoms with van der Waals surface area (Å²) in [5, 5.41) is 13.8. The molecule has 22 heavy (non-hydrogen) atoms. The molecule has 4 heteroatoms. The molecule has 106 valence electrons. The van der Waals surface area contributed by atoms with Gasteiger partial charge in [-0.3, -0.25) is 0 Å². The van der Waals surface area contributed by atoms with Crippen molar-refractivity contribution in [1.82, 2.24) is 9.78 Å². The summed E-state index contributed by atoms with van der Waals surface area (Å²) in [5.74, 6) is 0.871. The molecule has 0 atom stereocenters. The van der Waals surface area contributed by atoms with Gasteiger partial charge in [0.2, 0.25) is 0 Å². The van der Waals surface area contributed by atoms with Gasteiger partial charge in [-0.05, 0) is 18.2 Å². The van der Waals surface area contributed by atoms with E-state index in [9.17, 15) is 0 Å². The fourth-order valence-corrected chi connectivity index (χ4v) is 3.93. The number of rotatable bonds is 2. The van der Waals surface area contributed by atoms with Gasteiger partial charge in [-0.15, -0.1) is 11.8 Å². The molecule has 0 radical (unpaired) electrons. The average molecular weight is 303 g/mol. The van der Waals surface area contributed by atoms with Crippen molar-refractivity contribution >= 4 is 11.8 Å². The van der Waals surface area contributed by atoms with Crippen molar-refractivity contribution in [2.75, 3.05) is 0 Å². The summed E-state index contributed by atoms with van der Waals surface area (Å²) in [6, 6.07) is 20.8. The summed E-state index contributed by atoms with van der Waals surface area (Å²) in [6.07, 6.45) is 0.352. The molecule has 0 unspecified atom stereocenters. The molecule has 3 nitrogen and oxygen atoms in total. The predicted octanol–water partition coefficient (Wildman–Crippen LogP) is 4.21. The zero-order valence-corrected chi connectivity index (χ0v) is 12.7. The van der Waals surface area contributed by atoms with Crippen LogP contribution in [0.4, 0.5) is 0 Å². The second-order valence-electron chi connectivity index (χ2n) is 5.14. The van der Waals surface area contributed by atoms with E-state index in [0.29, 0.717) is 6.42 Å². The molecule has 0 spiro atoms. The largest absolute Gasteiger partial charge is 0.232 e. The van der Waals surface area contributed by atoms with E-state index in [0.717, 1.165) is 22.8 Å². The molecule has 0 N–H and O–H groups in total. The van der Waals surface area contributed by atoms with E-state index in [2.05, 4.69) is 30.3 Å². The third kappa shape index (κ3) is 2.02. The molecular formula is C18H13N3S. The van der Waals surface area contributed by atoms with Crippen LogP contribution in [-0.2, 0) is 12.2 Å². The van der Waals surface area contributed by atoms with E-state index >= 15 is 0 Å². The molecule has 1 aliphatic heterocycles. The standard InChI is InChI=1S/C18H13N3S/c19-11-10-16-15-12-22-17-9-5-4-8-14(17)18(15)21(20-16)13-6-2-1-3-7-13/h1-9H,10,12H2. The Morgan fingerprint density at radius 2 is 1.86 bits per heavy atom. The van der Waals surface area contributed by atoms with Crippen molar-refractivity contribution in [1.29, 1.82) is 5.26 Å². The predicted molar refractivity (Wildman–Crippen MR) is 87.9 cm³/mol. The Morgan fingerprint density at radius 3 is 2.68 bits per heavy atom. The Morgan fingerprint density at radius 1 is 1.09 bits per heavy atom. The van der Waals surface area contributed by atoms with E-state index in [4.69, 9.17) is 10.4 Å². The van der Waals surface area contributed by atoms with E-state index < -0.39 is 0 Å². The Balaban J connectivity index is 2.00. The highest BCUT2D eigenvalue weighted by Gasteiger charge is 2.25.